The second-order valence-corrected chi connectivity index (χ2v) is 8.71. The molecule has 4 aromatic rings. The third-order valence-electron chi connectivity index (χ3n) is 5.27. The van der Waals surface area contributed by atoms with Crippen LogP contribution in [0.4, 0.5) is 5.69 Å². The fourth-order valence-electron chi connectivity index (χ4n) is 3.50. The zero-order chi connectivity index (χ0) is 25.7. The van der Waals surface area contributed by atoms with E-state index in [4.69, 9.17) is 18.1 Å². The highest BCUT2D eigenvalue weighted by Gasteiger charge is 2.17. The van der Waals surface area contributed by atoms with Crippen molar-refractivity contribution in [2.45, 2.75) is 40.3 Å². The molecule has 0 atom stereocenters. The number of nitrogens with one attached hydrogen (secondary N) is 2. The zero-order valence-electron chi connectivity index (χ0n) is 20.6. The summed E-state index contributed by atoms with van der Waals surface area (Å²) in [5.41, 5.74) is 2.15. The molecule has 10 nitrogen and oxygen atoms in total. The standard InChI is InChI=1S/C26H28N4O6/c1-15(2)11-20-12-21(30-36-20)24(31)27-13-22-16(3)34-26(29-22)17-5-7-18(8-6-17)28-25(32)23-10-9-19(35-23)14-33-4/h5-10,12,15H,11,13-14H2,1-4H3,(H,27,31)(H,28,32). The number of hydrogen-bond donors (Lipinski definition) is 2. The highest BCUT2D eigenvalue weighted by atomic mass is 16.5. The third-order valence-corrected chi connectivity index (χ3v) is 5.27. The third kappa shape index (κ3) is 6.08. The SMILES string of the molecule is COCc1ccc(C(=O)Nc2ccc(-c3nc(CNC(=O)c4cc(CC(C)C)on4)c(C)o3)cc2)o1. The molecular formula is C26H28N4O6. The molecule has 3 aromatic heterocycles. The number of aromatic nitrogens is 2. The molecule has 4 rings (SSSR count). The molecule has 3 heterocycles. The summed E-state index contributed by atoms with van der Waals surface area (Å²) in [6.07, 6.45) is 0.715. The first-order chi connectivity index (χ1) is 17.3. The molecule has 0 radical (unpaired) electrons. The van der Waals surface area contributed by atoms with Gasteiger partial charge in [0.25, 0.3) is 11.8 Å². The molecular weight excluding hydrogens is 464 g/mol. The molecule has 0 aliphatic heterocycles. The Balaban J connectivity index is 1.35. The van der Waals surface area contributed by atoms with Crippen LogP contribution in [0.1, 0.15) is 57.9 Å². The predicted molar refractivity (Wildman–Crippen MR) is 130 cm³/mol. The van der Waals surface area contributed by atoms with Crippen molar-refractivity contribution >= 4 is 17.5 Å². The highest BCUT2D eigenvalue weighted by Crippen LogP contribution is 2.24. The lowest BCUT2D eigenvalue weighted by Crippen LogP contribution is -2.23. The molecule has 0 saturated carbocycles. The second kappa shape index (κ2) is 11.0. The van der Waals surface area contributed by atoms with Gasteiger partial charge in [0.1, 0.15) is 29.6 Å². The van der Waals surface area contributed by atoms with E-state index in [2.05, 4.69) is 34.6 Å². The van der Waals surface area contributed by atoms with E-state index >= 15 is 0 Å². The van der Waals surface area contributed by atoms with Crippen LogP contribution in [0, 0.1) is 12.8 Å². The van der Waals surface area contributed by atoms with Crippen LogP contribution in [-0.2, 0) is 24.3 Å². The Morgan fingerprint density at radius 1 is 1.03 bits per heavy atom. The number of benzene rings is 1. The van der Waals surface area contributed by atoms with Gasteiger partial charge in [0.05, 0.1) is 6.54 Å². The highest BCUT2D eigenvalue weighted by molar-refractivity contribution is 6.02. The number of aryl methyl sites for hydroxylation is 1. The van der Waals surface area contributed by atoms with Gasteiger partial charge in [-0.3, -0.25) is 9.59 Å². The minimum absolute atomic E-state index is 0.183. The summed E-state index contributed by atoms with van der Waals surface area (Å²) in [7, 11) is 1.56. The van der Waals surface area contributed by atoms with Crippen molar-refractivity contribution in [3.8, 4) is 11.5 Å². The summed E-state index contributed by atoms with van der Waals surface area (Å²) in [5, 5.41) is 9.42. The number of rotatable bonds is 10. The van der Waals surface area contributed by atoms with Crippen LogP contribution in [0.3, 0.4) is 0 Å². The van der Waals surface area contributed by atoms with Gasteiger partial charge in [-0.2, -0.15) is 0 Å². The van der Waals surface area contributed by atoms with E-state index in [0.717, 1.165) is 5.56 Å². The van der Waals surface area contributed by atoms with Gasteiger partial charge in [0.2, 0.25) is 5.89 Å². The lowest BCUT2D eigenvalue weighted by atomic mass is 10.1. The Labute approximate surface area is 208 Å². The van der Waals surface area contributed by atoms with E-state index in [1.807, 2.05) is 0 Å². The molecule has 0 fully saturated rings. The Morgan fingerprint density at radius 3 is 2.53 bits per heavy atom. The molecule has 10 heteroatoms. The largest absolute Gasteiger partial charge is 0.453 e. The van der Waals surface area contributed by atoms with Crippen molar-refractivity contribution in [2.75, 3.05) is 12.4 Å². The van der Waals surface area contributed by atoms with Crippen LogP contribution in [0.5, 0.6) is 0 Å². The van der Waals surface area contributed by atoms with Gasteiger partial charge in [0.15, 0.2) is 11.5 Å². The van der Waals surface area contributed by atoms with Gasteiger partial charge >= 0.3 is 0 Å². The van der Waals surface area contributed by atoms with Crippen molar-refractivity contribution in [2.24, 2.45) is 5.92 Å². The molecule has 0 aliphatic carbocycles. The number of anilines is 1. The van der Waals surface area contributed by atoms with Crippen LogP contribution in [0.25, 0.3) is 11.5 Å². The lowest BCUT2D eigenvalue weighted by molar-refractivity contribution is 0.0940. The molecule has 188 valence electrons. The summed E-state index contributed by atoms with van der Waals surface area (Å²) in [6, 6.07) is 12.0. The Hall–Kier alpha value is -4.18. The summed E-state index contributed by atoms with van der Waals surface area (Å²) in [5.74, 6) is 2.14. The Kier molecular flexibility index (Phi) is 7.65. The van der Waals surface area contributed by atoms with Crippen LogP contribution < -0.4 is 10.6 Å². The van der Waals surface area contributed by atoms with Crippen molar-refractivity contribution in [1.29, 1.82) is 0 Å². The Morgan fingerprint density at radius 2 is 1.81 bits per heavy atom. The maximum atomic E-state index is 12.4. The minimum atomic E-state index is -0.362. The molecule has 0 saturated heterocycles. The smallest absolute Gasteiger partial charge is 0.291 e. The number of carbonyl (C=O) groups is 2. The first-order valence-electron chi connectivity index (χ1n) is 11.5. The van der Waals surface area contributed by atoms with Gasteiger partial charge in [-0.25, -0.2) is 4.98 Å². The second-order valence-electron chi connectivity index (χ2n) is 8.71. The lowest BCUT2D eigenvalue weighted by Gasteiger charge is -2.04. The Bertz CT molecular complexity index is 1330. The number of furan rings is 1. The molecule has 36 heavy (non-hydrogen) atoms. The molecule has 2 amide bonds. The number of methoxy groups -OCH3 is 1. The average Bonchev–Trinajstić information content (AvgIpc) is 3.58. The van der Waals surface area contributed by atoms with Crippen LogP contribution >= 0.6 is 0 Å². The molecule has 0 unspecified atom stereocenters. The molecule has 0 spiro atoms. The number of amides is 2. The van der Waals surface area contributed by atoms with Gasteiger partial charge in [-0.15, -0.1) is 0 Å². The number of carbonyl (C=O) groups excluding carboxylic acids is 2. The quantitative estimate of drug-likeness (QED) is 0.324. The van der Waals surface area contributed by atoms with Crippen molar-refractivity contribution in [3.05, 3.63) is 76.9 Å². The van der Waals surface area contributed by atoms with E-state index in [1.54, 1.807) is 56.5 Å². The number of ether oxygens (including phenoxy) is 1. The maximum absolute atomic E-state index is 12.4. The molecule has 1 aromatic carbocycles. The molecule has 0 bridgehead atoms. The summed E-state index contributed by atoms with van der Waals surface area (Å²) < 4.78 is 21.5. The monoisotopic (exact) mass is 492 g/mol. The average molecular weight is 493 g/mol. The number of nitrogens with zero attached hydrogens (tertiary/aromatic N) is 2. The van der Waals surface area contributed by atoms with Gasteiger partial charge in [-0.05, 0) is 49.2 Å². The van der Waals surface area contributed by atoms with Crippen molar-refractivity contribution < 1.29 is 27.7 Å². The van der Waals surface area contributed by atoms with E-state index in [-0.39, 0.29) is 29.8 Å². The van der Waals surface area contributed by atoms with Gasteiger partial charge in [0, 0.05) is 30.8 Å². The molecule has 2 N–H and O–H groups in total. The fraction of sp³-hybridized carbons (Fsp3) is 0.308. The number of oxazole rings is 1. The minimum Gasteiger partial charge on any atom is -0.453 e. The zero-order valence-corrected chi connectivity index (χ0v) is 20.6. The predicted octanol–water partition coefficient (Wildman–Crippen LogP) is 4.76. The van der Waals surface area contributed by atoms with E-state index < -0.39 is 0 Å². The summed E-state index contributed by atoms with van der Waals surface area (Å²) in [4.78, 5) is 29.3. The van der Waals surface area contributed by atoms with Gasteiger partial charge in [-0.1, -0.05) is 19.0 Å². The molecule has 0 aliphatic rings. The van der Waals surface area contributed by atoms with Crippen LogP contribution in [-0.4, -0.2) is 29.1 Å². The van der Waals surface area contributed by atoms with E-state index in [0.29, 0.717) is 53.5 Å². The van der Waals surface area contributed by atoms with Crippen LogP contribution in [0.2, 0.25) is 0 Å². The topological polar surface area (TPSA) is 133 Å². The first-order valence-corrected chi connectivity index (χ1v) is 11.5. The number of hydrogen-bond acceptors (Lipinski definition) is 8. The summed E-state index contributed by atoms with van der Waals surface area (Å²) in [6.45, 7) is 6.39. The van der Waals surface area contributed by atoms with Crippen LogP contribution in [0.15, 0.2) is 55.8 Å². The van der Waals surface area contributed by atoms with E-state index in [1.165, 1.54) is 0 Å². The first kappa shape index (κ1) is 24.9. The van der Waals surface area contributed by atoms with Crippen molar-refractivity contribution in [3.63, 3.8) is 0 Å². The van der Waals surface area contributed by atoms with Crippen molar-refractivity contribution in [1.82, 2.24) is 15.5 Å². The fourth-order valence-corrected chi connectivity index (χ4v) is 3.50. The maximum Gasteiger partial charge on any atom is 0.291 e. The van der Waals surface area contributed by atoms with Gasteiger partial charge < -0.3 is 28.7 Å². The summed E-state index contributed by atoms with van der Waals surface area (Å²) >= 11 is 0. The van der Waals surface area contributed by atoms with E-state index in [9.17, 15) is 9.59 Å². The normalized spacial score (nSPS) is 11.1.